The maximum atomic E-state index is 4.71. The molecule has 1 aromatic rings. The average Bonchev–Trinajstić information content (AvgIpc) is 2.83. The lowest BCUT2D eigenvalue weighted by molar-refractivity contribution is 0.527. The van der Waals surface area contributed by atoms with E-state index in [1.165, 1.54) is 49.2 Å². The lowest BCUT2D eigenvalue weighted by Gasteiger charge is -2.10. The number of aromatic nitrogens is 1. The molecule has 2 aliphatic carbocycles. The third-order valence-corrected chi connectivity index (χ3v) is 4.62. The van der Waals surface area contributed by atoms with E-state index in [-0.39, 0.29) is 0 Å². The van der Waals surface area contributed by atoms with Crippen LogP contribution < -0.4 is 5.32 Å². The summed E-state index contributed by atoms with van der Waals surface area (Å²) in [5.41, 5.74) is 1.36. The maximum Gasteiger partial charge on any atom is 0.0941 e. The maximum absolute atomic E-state index is 4.71. The molecule has 16 heavy (non-hydrogen) atoms. The molecule has 2 nitrogen and oxygen atoms in total. The first-order valence-corrected chi connectivity index (χ1v) is 7.47. The van der Waals surface area contributed by atoms with Crippen molar-refractivity contribution < 1.29 is 0 Å². The highest BCUT2D eigenvalue weighted by atomic mass is 32.1. The summed E-state index contributed by atoms with van der Waals surface area (Å²) < 4.78 is 0. The van der Waals surface area contributed by atoms with Crippen molar-refractivity contribution in [3.63, 3.8) is 0 Å². The van der Waals surface area contributed by atoms with Gasteiger partial charge in [-0.05, 0) is 25.7 Å². The molecule has 0 atom stereocenters. The third-order valence-electron chi connectivity index (χ3n) is 3.69. The predicted molar refractivity (Wildman–Crippen MR) is 68.1 cm³/mol. The van der Waals surface area contributed by atoms with Crippen LogP contribution in [0.2, 0.25) is 0 Å². The zero-order chi connectivity index (χ0) is 10.8. The van der Waals surface area contributed by atoms with Crippen LogP contribution in [0.5, 0.6) is 0 Å². The Morgan fingerprint density at radius 1 is 1.25 bits per heavy atom. The zero-order valence-corrected chi connectivity index (χ0v) is 10.6. The molecule has 3 heteroatoms. The van der Waals surface area contributed by atoms with Crippen LogP contribution in [0.4, 0.5) is 0 Å². The first kappa shape index (κ1) is 10.7. The van der Waals surface area contributed by atoms with E-state index in [1.54, 1.807) is 0 Å². The van der Waals surface area contributed by atoms with Gasteiger partial charge in [0.15, 0.2) is 0 Å². The molecule has 1 aromatic heterocycles. The van der Waals surface area contributed by atoms with Crippen LogP contribution in [-0.4, -0.2) is 17.6 Å². The Morgan fingerprint density at radius 3 is 2.81 bits per heavy atom. The fourth-order valence-electron chi connectivity index (χ4n) is 2.52. The lowest BCUT2D eigenvalue weighted by atomic mass is 10.2. The Balaban J connectivity index is 1.42. The number of nitrogens with one attached hydrogen (secondary N) is 1. The lowest BCUT2D eigenvalue weighted by Crippen LogP contribution is -2.27. The molecular formula is C13H20N2S. The summed E-state index contributed by atoms with van der Waals surface area (Å²) in [6.45, 7) is 1.11. The number of thiazole rings is 1. The molecule has 0 aromatic carbocycles. The molecule has 0 radical (unpaired) electrons. The van der Waals surface area contributed by atoms with Gasteiger partial charge in [-0.1, -0.05) is 12.8 Å². The first-order valence-electron chi connectivity index (χ1n) is 6.59. The zero-order valence-electron chi connectivity index (χ0n) is 9.74. The third kappa shape index (κ3) is 2.64. The topological polar surface area (TPSA) is 24.9 Å². The second-order valence-electron chi connectivity index (χ2n) is 5.13. The standard InChI is InChI=1S/C13H20N2S/c1-2-4-11(3-1)14-8-7-13-15-12(9-16-13)10-5-6-10/h9-11,14H,1-8H2. The van der Waals surface area contributed by atoms with E-state index in [0.29, 0.717) is 0 Å². The second kappa shape index (κ2) is 4.84. The van der Waals surface area contributed by atoms with Gasteiger partial charge in [-0.3, -0.25) is 0 Å². The van der Waals surface area contributed by atoms with Crippen LogP contribution in [0, 0.1) is 0 Å². The number of hydrogen-bond donors (Lipinski definition) is 1. The molecule has 0 aliphatic heterocycles. The monoisotopic (exact) mass is 236 g/mol. The summed E-state index contributed by atoms with van der Waals surface area (Å²) in [4.78, 5) is 4.71. The van der Waals surface area contributed by atoms with Crippen molar-refractivity contribution in [1.29, 1.82) is 0 Å². The fourth-order valence-corrected chi connectivity index (χ4v) is 3.40. The van der Waals surface area contributed by atoms with Gasteiger partial charge in [-0.25, -0.2) is 4.98 Å². The molecule has 0 spiro atoms. The highest BCUT2D eigenvalue weighted by Gasteiger charge is 2.25. The van der Waals surface area contributed by atoms with E-state index in [0.717, 1.165) is 24.9 Å². The molecule has 0 saturated heterocycles. The minimum atomic E-state index is 0.794. The average molecular weight is 236 g/mol. The normalized spacial score (nSPS) is 21.8. The number of hydrogen-bond acceptors (Lipinski definition) is 3. The highest BCUT2D eigenvalue weighted by molar-refractivity contribution is 7.09. The van der Waals surface area contributed by atoms with Crippen molar-refractivity contribution in [3.8, 4) is 0 Å². The molecule has 0 unspecified atom stereocenters. The minimum absolute atomic E-state index is 0.794. The van der Waals surface area contributed by atoms with Gasteiger partial charge in [0.2, 0.25) is 0 Å². The van der Waals surface area contributed by atoms with Crippen molar-refractivity contribution in [2.75, 3.05) is 6.54 Å². The molecule has 0 amide bonds. The van der Waals surface area contributed by atoms with Gasteiger partial charge < -0.3 is 5.32 Å². The molecule has 1 N–H and O–H groups in total. The first-order chi connectivity index (χ1) is 7.92. The Labute approximate surface area is 101 Å². The molecule has 88 valence electrons. The Kier molecular flexibility index (Phi) is 3.25. The minimum Gasteiger partial charge on any atom is -0.314 e. The van der Waals surface area contributed by atoms with Crippen molar-refractivity contribution in [2.45, 2.75) is 56.9 Å². The summed E-state index contributed by atoms with van der Waals surface area (Å²) in [6, 6.07) is 0.794. The van der Waals surface area contributed by atoms with Gasteiger partial charge in [0.25, 0.3) is 0 Å². The largest absolute Gasteiger partial charge is 0.314 e. The van der Waals surface area contributed by atoms with E-state index in [2.05, 4.69) is 10.7 Å². The summed E-state index contributed by atoms with van der Waals surface area (Å²) in [7, 11) is 0. The molecule has 3 rings (SSSR count). The quantitative estimate of drug-likeness (QED) is 0.849. The van der Waals surface area contributed by atoms with Crippen LogP contribution >= 0.6 is 11.3 Å². The number of nitrogens with zero attached hydrogens (tertiary/aromatic N) is 1. The van der Waals surface area contributed by atoms with Crippen molar-refractivity contribution in [2.24, 2.45) is 0 Å². The van der Waals surface area contributed by atoms with E-state index in [1.807, 2.05) is 11.3 Å². The van der Waals surface area contributed by atoms with Gasteiger partial charge >= 0.3 is 0 Å². The van der Waals surface area contributed by atoms with Crippen LogP contribution in [0.25, 0.3) is 0 Å². The molecule has 0 bridgehead atoms. The summed E-state index contributed by atoms with van der Waals surface area (Å²) in [6.07, 6.45) is 9.44. The van der Waals surface area contributed by atoms with Gasteiger partial charge in [0, 0.05) is 30.3 Å². The Morgan fingerprint density at radius 2 is 2.06 bits per heavy atom. The highest BCUT2D eigenvalue weighted by Crippen LogP contribution is 2.40. The van der Waals surface area contributed by atoms with Crippen molar-refractivity contribution in [1.82, 2.24) is 10.3 Å². The fraction of sp³-hybridized carbons (Fsp3) is 0.769. The van der Waals surface area contributed by atoms with Crippen molar-refractivity contribution >= 4 is 11.3 Å². The molecule has 2 saturated carbocycles. The van der Waals surface area contributed by atoms with Gasteiger partial charge in [0.1, 0.15) is 0 Å². The predicted octanol–water partition coefficient (Wildman–Crippen LogP) is 3.10. The SMILES string of the molecule is c1sc(CCNC2CCCC2)nc1C1CC1. The molecular weight excluding hydrogens is 216 g/mol. The smallest absolute Gasteiger partial charge is 0.0941 e. The number of rotatable bonds is 5. The summed E-state index contributed by atoms with van der Waals surface area (Å²) >= 11 is 1.85. The van der Waals surface area contributed by atoms with Crippen LogP contribution in [0.15, 0.2) is 5.38 Å². The molecule has 2 aliphatic rings. The van der Waals surface area contributed by atoms with E-state index in [4.69, 9.17) is 4.98 Å². The van der Waals surface area contributed by atoms with Gasteiger partial charge in [-0.2, -0.15) is 0 Å². The van der Waals surface area contributed by atoms with E-state index < -0.39 is 0 Å². The molecule has 1 heterocycles. The van der Waals surface area contributed by atoms with Crippen LogP contribution in [-0.2, 0) is 6.42 Å². The Bertz CT molecular complexity index is 337. The van der Waals surface area contributed by atoms with E-state index >= 15 is 0 Å². The Hall–Kier alpha value is -0.410. The van der Waals surface area contributed by atoms with E-state index in [9.17, 15) is 0 Å². The summed E-state index contributed by atoms with van der Waals surface area (Å²) in [5, 5.41) is 7.24. The second-order valence-corrected chi connectivity index (χ2v) is 6.07. The van der Waals surface area contributed by atoms with Crippen LogP contribution in [0.3, 0.4) is 0 Å². The van der Waals surface area contributed by atoms with Gasteiger partial charge in [-0.15, -0.1) is 11.3 Å². The summed E-state index contributed by atoms with van der Waals surface area (Å²) in [5.74, 6) is 0.813. The molecule has 2 fully saturated rings. The van der Waals surface area contributed by atoms with Crippen LogP contribution in [0.1, 0.15) is 55.1 Å². The van der Waals surface area contributed by atoms with Crippen molar-refractivity contribution in [3.05, 3.63) is 16.1 Å². The van der Waals surface area contributed by atoms with Gasteiger partial charge in [0.05, 0.1) is 10.7 Å².